The number of phenols is 1. The number of aromatic hydroxyl groups is 1. The highest BCUT2D eigenvalue weighted by molar-refractivity contribution is 7.13. The van der Waals surface area contributed by atoms with Gasteiger partial charge in [0.25, 0.3) is 0 Å². The van der Waals surface area contributed by atoms with Gasteiger partial charge in [-0.05, 0) is 61.9 Å². The van der Waals surface area contributed by atoms with Crippen LogP contribution in [0.25, 0.3) is 32.8 Å². The van der Waals surface area contributed by atoms with Crippen molar-refractivity contribution in [1.29, 1.82) is 0 Å². The lowest BCUT2D eigenvalue weighted by Gasteiger charge is -2.30. The molecule has 6 N–H and O–H groups in total. The van der Waals surface area contributed by atoms with Crippen molar-refractivity contribution in [3.05, 3.63) is 101 Å². The number of amides is 3. The SMILES string of the molecule is Cc1cc(C(C(=O)N2CC(O)CC2C(=O)NC(CC(=O)NCCCCCCCCn2cc(-c3cc(-c4ccccc4O)nnc3N)cn2)c2ccc(-c3scnc3C)cc2)C(C)C)on1. The number of β-amino-alcohol motifs (C(OH)–C–C–N with tert-alkyl or cyclic N) is 1. The lowest BCUT2D eigenvalue weighted by molar-refractivity contribution is -0.141. The van der Waals surface area contributed by atoms with Crippen LogP contribution in [-0.2, 0) is 20.9 Å². The van der Waals surface area contributed by atoms with Crippen LogP contribution in [0.3, 0.4) is 0 Å². The lowest BCUT2D eigenvalue weighted by atomic mass is 9.91. The van der Waals surface area contributed by atoms with E-state index in [0.717, 1.165) is 72.3 Å². The molecule has 5 heterocycles. The number of hydrogen-bond acceptors (Lipinski definition) is 13. The number of phenolic OH excluding ortho intramolecular Hbond substituents is 1. The summed E-state index contributed by atoms with van der Waals surface area (Å²) in [7, 11) is 0. The second kappa shape index (κ2) is 21.5. The molecule has 65 heavy (non-hydrogen) atoms. The number of benzene rings is 2. The van der Waals surface area contributed by atoms with E-state index in [0.29, 0.717) is 34.8 Å². The molecule has 0 aliphatic carbocycles. The fraction of sp³-hybridized carbons (Fsp3) is 0.417. The van der Waals surface area contributed by atoms with Gasteiger partial charge in [-0.1, -0.05) is 81.1 Å². The molecule has 6 aromatic rings. The van der Waals surface area contributed by atoms with Crippen molar-refractivity contribution in [2.75, 3.05) is 18.8 Å². The zero-order valence-corrected chi connectivity index (χ0v) is 38.1. The first kappa shape index (κ1) is 46.5. The van der Waals surface area contributed by atoms with Crippen molar-refractivity contribution in [2.24, 2.45) is 5.92 Å². The normalized spacial score (nSPS) is 15.9. The van der Waals surface area contributed by atoms with Crippen molar-refractivity contribution < 1.29 is 29.1 Å². The minimum absolute atomic E-state index is 0.00294. The van der Waals surface area contributed by atoms with E-state index < -0.39 is 30.0 Å². The van der Waals surface area contributed by atoms with Gasteiger partial charge in [0.15, 0.2) is 5.82 Å². The summed E-state index contributed by atoms with van der Waals surface area (Å²) in [5.74, 6) is -0.951. The number of nitrogens with zero attached hydrogens (tertiary/aromatic N) is 7. The Labute approximate surface area is 382 Å². The van der Waals surface area contributed by atoms with Gasteiger partial charge in [0.2, 0.25) is 17.7 Å². The minimum atomic E-state index is -0.931. The summed E-state index contributed by atoms with van der Waals surface area (Å²) < 4.78 is 7.39. The van der Waals surface area contributed by atoms with E-state index in [4.69, 9.17) is 10.3 Å². The average Bonchev–Trinajstić information content (AvgIpc) is 4.12. The molecule has 0 bridgehead atoms. The number of aromatic nitrogens is 6. The second-order valence-electron chi connectivity index (χ2n) is 17.2. The van der Waals surface area contributed by atoms with Crippen molar-refractivity contribution >= 4 is 34.9 Å². The van der Waals surface area contributed by atoms with Gasteiger partial charge in [-0.2, -0.15) is 5.10 Å². The van der Waals surface area contributed by atoms with Gasteiger partial charge in [-0.15, -0.1) is 21.5 Å². The van der Waals surface area contributed by atoms with Gasteiger partial charge in [0.1, 0.15) is 23.5 Å². The van der Waals surface area contributed by atoms with E-state index >= 15 is 0 Å². The Morgan fingerprint density at radius 2 is 1.71 bits per heavy atom. The van der Waals surface area contributed by atoms with Gasteiger partial charge in [0.05, 0.1) is 52.2 Å². The number of unbranched alkanes of at least 4 members (excludes halogenated alkanes) is 5. The number of aliphatic hydroxyl groups excluding tert-OH is 1. The molecule has 1 fully saturated rings. The van der Waals surface area contributed by atoms with Crippen LogP contribution in [0, 0.1) is 19.8 Å². The zero-order valence-electron chi connectivity index (χ0n) is 37.3. The molecule has 2 aromatic carbocycles. The molecule has 0 saturated carbocycles. The van der Waals surface area contributed by atoms with Crippen LogP contribution in [0.5, 0.6) is 5.75 Å². The standard InChI is InChI=1S/C48H58N10O6S/c1-29(2)44(42-21-30(3)56-64-42)48(63)58-27-35(59)22-40(58)47(62)53-38(32-15-17-33(18-16-32)45-31(4)51-28-65-45)24-43(61)50-19-11-7-5-6-8-12-20-57-26-34(25-52-57)37-23-39(54-55-46(37)49)36-13-9-10-14-41(36)60/h9-10,13-18,21,23,25-26,28-29,35,38,40,44,59-60H,5-8,11-12,19-20,22,24,27H2,1-4H3,(H2,49,55)(H,50,61)(H,53,62). The highest BCUT2D eigenvalue weighted by Gasteiger charge is 2.43. The first-order valence-electron chi connectivity index (χ1n) is 22.3. The van der Waals surface area contributed by atoms with Gasteiger partial charge in [0, 0.05) is 55.0 Å². The second-order valence-corrected chi connectivity index (χ2v) is 18.0. The smallest absolute Gasteiger partial charge is 0.243 e. The summed E-state index contributed by atoms with van der Waals surface area (Å²) >= 11 is 1.55. The number of hydrogen-bond donors (Lipinski definition) is 5. The van der Waals surface area contributed by atoms with Gasteiger partial charge in [-0.25, -0.2) is 4.98 Å². The summed E-state index contributed by atoms with van der Waals surface area (Å²) in [4.78, 5) is 48.5. The Morgan fingerprint density at radius 3 is 2.42 bits per heavy atom. The van der Waals surface area contributed by atoms with Gasteiger partial charge < -0.3 is 36.0 Å². The molecule has 1 saturated heterocycles. The van der Waals surface area contributed by atoms with Gasteiger partial charge in [-0.3, -0.25) is 19.1 Å². The van der Waals surface area contributed by atoms with E-state index in [1.54, 1.807) is 54.2 Å². The van der Waals surface area contributed by atoms with Crippen LogP contribution in [0.15, 0.2) is 83.1 Å². The zero-order chi connectivity index (χ0) is 46.0. The molecule has 342 valence electrons. The van der Waals surface area contributed by atoms with Crippen molar-refractivity contribution in [2.45, 2.75) is 110 Å². The van der Waals surface area contributed by atoms with E-state index in [9.17, 15) is 24.6 Å². The highest BCUT2D eigenvalue weighted by atomic mass is 32.1. The third-order valence-electron chi connectivity index (χ3n) is 11.9. The minimum Gasteiger partial charge on any atom is -0.507 e. The Balaban J connectivity index is 0.891. The first-order valence-corrected chi connectivity index (χ1v) is 23.2. The summed E-state index contributed by atoms with van der Waals surface area (Å²) in [6, 6.07) is 16.6. The molecule has 7 rings (SSSR count). The number of nitrogens with two attached hydrogens (primary N) is 1. The van der Waals surface area contributed by atoms with Crippen LogP contribution in [0.4, 0.5) is 5.82 Å². The van der Waals surface area contributed by atoms with Crippen LogP contribution in [-0.4, -0.2) is 88.2 Å². The summed E-state index contributed by atoms with van der Waals surface area (Å²) in [6.07, 6.45) is 8.72. The van der Waals surface area contributed by atoms with Crippen LogP contribution in [0.1, 0.15) is 99.9 Å². The molecule has 0 radical (unpaired) electrons. The number of aryl methyl sites for hydroxylation is 3. The Kier molecular flexibility index (Phi) is 15.4. The Hall–Kier alpha value is -6.46. The summed E-state index contributed by atoms with van der Waals surface area (Å²) in [6.45, 7) is 8.83. The number of carbonyl (C=O) groups is 3. The van der Waals surface area contributed by atoms with E-state index in [1.807, 2.05) is 68.0 Å². The maximum Gasteiger partial charge on any atom is 0.243 e. The van der Waals surface area contributed by atoms with Crippen LogP contribution < -0.4 is 16.4 Å². The Bertz CT molecular complexity index is 2550. The number of nitrogens with one attached hydrogen (secondary N) is 2. The van der Waals surface area contributed by atoms with E-state index in [2.05, 4.69) is 36.1 Å². The summed E-state index contributed by atoms with van der Waals surface area (Å²) in [5, 5.41) is 43.9. The predicted molar refractivity (Wildman–Crippen MR) is 248 cm³/mol. The molecular weight excluding hydrogens is 845 g/mol. The van der Waals surface area contributed by atoms with Crippen LogP contribution in [0.2, 0.25) is 0 Å². The van der Waals surface area contributed by atoms with Crippen molar-refractivity contribution in [3.63, 3.8) is 0 Å². The van der Waals surface area contributed by atoms with E-state index in [-0.39, 0.29) is 48.7 Å². The average molecular weight is 903 g/mol. The van der Waals surface area contributed by atoms with Crippen molar-refractivity contribution in [1.82, 2.24) is 45.7 Å². The molecule has 4 unspecified atom stereocenters. The summed E-state index contributed by atoms with van der Waals surface area (Å²) in [5.41, 5.74) is 13.9. The number of nitrogen functional groups attached to an aromatic ring is 1. The monoisotopic (exact) mass is 902 g/mol. The number of rotatable bonds is 20. The number of likely N-dealkylation sites (tertiary alicyclic amines) is 1. The molecule has 4 atom stereocenters. The molecule has 0 spiro atoms. The van der Waals surface area contributed by atoms with Gasteiger partial charge >= 0.3 is 0 Å². The number of aliphatic hydroxyl groups is 1. The molecule has 16 nitrogen and oxygen atoms in total. The fourth-order valence-corrected chi connectivity index (χ4v) is 9.20. The Morgan fingerprint density at radius 1 is 0.954 bits per heavy atom. The molecule has 1 aliphatic heterocycles. The largest absolute Gasteiger partial charge is 0.507 e. The lowest BCUT2D eigenvalue weighted by Crippen LogP contribution is -2.49. The quantitative estimate of drug-likeness (QED) is 0.0483. The molecule has 4 aromatic heterocycles. The maximum absolute atomic E-state index is 14.1. The number of para-hydroxylation sites is 1. The third kappa shape index (κ3) is 11.6. The molecule has 3 amide bonds. The molecule has 17 heteroatoms. The van der Waals surface area contributed by atoms with Crippen molar-refractivity contribution in [3.8, 4) is 38.6 Å². The predicted octanol–water partition coefficient (Wildman–Crippen LogP) is 7.13. The number of carbonyl (C=O) groups excluding carboxylic acids is 3. The number of anilines is 1. The van der Waals surface area contributed by atoms with E-state index in [1.165, 1.54) is 4.90 Å². The highest BCUT2D eigenvalue weighted by Crippen LogP contribution is 2.34. The fourth-order valence-electron chi connectivity index (χ4n) is 8.39. The third-order valence-corrected chi connectivity index (χ3v) is 12.8. The molecule has 1 aliphatic rings. The first-order chi connectivity index (χ1) is 31.4. The van der Waals surface area contributed by atoms with Crippen LogP contribution >= 0.6 is 11.3 Å². The molecular formula is C48H58N10O6S. The maximum atomic E-state index is 14.1. The number of thiazole rings is 1. The topological polar surface area (TPSA) is 228 Å².